The summed E-state index contributed by atoms with van der Waals surface area (Å²) in [6.07, 6.45) is 5.60. The Hall–Kier alpha value is -3.35. The fraction of sp³-hybridized carbons (Fsp3) is 0.500. The van der Waals surface area contributed by atoms with Crippen LogP contribution in [0.5, 0.6) is 0 Å². The normalized spacial score (nSPS) is 15.9. The van der Waals surface area contributed by atoms with Gasteiger partial charge in [0, 0.05) is 83.1 Å². The molecule has 0 N–H and O–H groups in total. The summed E-state index contributed by atoms with van der Waals surface area (Å²) in [5.41, 5.74) is 3.28. The highest BCUT2D eigenvalue weighted by molar-refractivity contribution is 6.76. The lowest BCUT2D eigenvalue weighted by molar-refractivity contribution is -0.118. The first kappa shape index (κ1) is 28.2. The van der Waals surface area contributed by atoms with Crippen molar-refractivity contribution in [2.75, 3.05) is 31.6 Å². The van der Waals surface area contributed by atoms with Crippen molar-refractivity contribution >= 4 is 25.6 Å². The monoisotopic (exact) mass is 568 g/mol. The number of aryl methyl sites for hydroxylation is 1. The molecule has 1 fully saturated rings. The van der Waals surface area contributed by atoms with Gasteiger partial charge in [-0.1, -0.05) is 19.6 Å². The fourth-order valence-electron chi connectivity index (χ4n) is 4.91. The van der Waals surface area contributed by atoms with Gasteiger partial charge in [0.2, 0.25) is 5.91 Å². The maximum Gasteiger partial charge on any atom is 0.257 e. The average Bonchev–Trinajstić information content (AvgIpc) is 3.49. The van der Waals surface area contributed by atoms with Crippen LogP contribution in [0.3, 0.4) is 0 Å². The summed E-state index contributed by atoms with van der Waals surface area (Å²) in [5.74, 6) is -0.457. The van der Waals surface area contributed by atoms with Gasteiger partial charge in [0.1, 0.15) is 18.2 Å². The van der Waals surface area contributed by atoms with Crippen LogP contribution in [0.1, 0.15) is 27.9 Å². The zero-order valence-corrected chi connectivity index (χ0v) is 24.8. The highest BCUT2D eigenvalue weighted by Gasteiger charge is 2.33. The molecule has 0 saturated carbocycles. The third kappa shape index (κ3) is 6.03. The van der Waals surface area contributed by atoms with E-state index in [0.29, 0.717) is 54.2 Å². The summed E-state index contributed by atoms with van der Waals surface area (Å²) in [4.78, 5) is 28.0. The number of rotatable bonds is 10. The van der Waals surface area contributed by atoms with Crippen LogP contribution in [0.4, 0.5) is 10.1 Å². The highest BCUT2D eigenvalue weighted by Crippen LogP contribution is 2.36. The molecule has 2 aliphatic heterocycles. The molecule has 40 heavy (non-hydrogen) atoms. The molecule has 0 unspecified atom stereocenters. The molecular formula is C28H37FN6O4Si. The molecule has 3 aromatic rings. The van der Waals surface area contributed by atoms with E-state index in [-0.39, 0.29) is 43.5 Å². The first-order chi connectivity index (χ1) is 19.0. The Morgan fingerprint density at radius 3 is 2.62 bits per heavy atom. The van der Waals surface area contributed by atoms with Crippen molar-refractivity contribution < 1.29 is 23.5 Å². The topological polar surface area (TPSA) is 94.7 Å². The van der Waals surface area contributed by atoms with Crippen LogP contribution < -0.4 is 4.90 Å². The Bertz CT molecular complexity index is 1410. The summed E-state index contributed by atoms with van der Waals surface area (Å²) in [6.45, 7) is 8.98. The minimum atomic E-state index is -1.23. The molecule has 12 heteroatoms. The second-order valence-corrected chi connectivity index (χ2v) is 17.4. The van der Waals surface area contributed by atoms with Crippen molar-refractivity contribution in [2.45, 2.75) is 58.0 Å². The number of benzene rings is 1. The van der Waals surface area contributed by atoms with E-state index in [1.807, 2.05) is 6.20 Å². The van der Waals surface area contributed by atoms with Gasteiger partial charge in [0.05, 0.1) is 24.5 Å². The number of halogens is 1. The van der Waals surface area contributed by atoms with E-state index in [9.17, 15) is 9.59 Å². The first-order valence-corrected chi connectivity index (χ1v) is 17.3. The number of nitrogens with zero attached hydrogens (tertiary/aromatic N) is 6. The number of hydrogen-bond donors (Lipinski definition) is 0. The van der Waals surface area contributed by atoms with Gasteiger partial charge in [-0.25, -0.2) is 9.07 Å². The number of fused-ring (bicyclic) bond motifs is 1. The van der Waals surface area contributed by atoms with Crippen molar-refractivity contribution in [3.8, 4) is 11.3 Å². The van der Waals surface area contributed by atoms with Gasteiger partial charge in [-0.15, -0.1) is 0 Å². The molecule has 0 spiro atoms. The molecule has 4 heterocycles. The van der Waals surface area contributed by atoms with Crippen LogP contribution in [0.25, 0.3) is 11.3 Å². The molecule has 2 amide bonds. The summed E-state index contributed by atoms with van der Waals surface area (Å²) in [6, 6.07) is 4.51. The minimum absolute atomic E-state index is 0.0231. The van der Waals surface area contributed by atoms with Gasteiger partial charge in [-0.2, -0.15) is 10.2 Å². The van der Waals surface area contributed by atoms with Crippen LogP contribution in [0.15, 0.2) is 30.7 Å². The highest BCUT2D eigenvalue weighted by atomic mass is 28.3. The van der Waals surface area contributed by atoms with Crippen molar-refractivity contribution in [3.05, 3.63) is 53.2 Å². The molecule has 5 rings (SSSR count). The smallest absolute Gasteiger partial charge is 0.257 e. The summed E-state index contributed by atoms with van der Waals surface area (Å²) in [7, 11) is 2.22. The second-order valence-electron chi connectivity index (χ2n) is 11.8. The maximum atomic E-state index is 15.8. The average molecular weight is 569 g/mol. The third-order valence-corrected chi connectivity index (χ3v) is 9.12. The number of amides is 2. The fourth-order valence-corrected chi connectivity index (χ4v) is 5.67. The first-order valence-electron chi connectivity index (χ1n) is 13.6. The molecule has 0 aliphatic carbocycles. The van der Waals surface area contributed by atoms with Gasteiger partial charge in [-0.3, -0.25) is 14.3 Å². The number of carbonyl (C=O) groups is 2. The molecule has 1 saturated heterocycles. The predicted molar refractivity (Wildman–Crippen MR) is 151 cm³/mol. The number of carbonyl (C=O) groups excluding carboxylic acids is 2. The Morgan fingerprint density at radius 2 is 1.93 bits per heavy atom. The van der Waals surface area contributed by atoms with Crippen LogP contribution in [-0.4, -0.2) is 77.2 Å². The van der Waals surface area contributed by atoms with E-state index in [4.69, 9.17) is 14.6 Å². The third-order valence-electron chi connectivity index (χ3n) is 7.42. The van der Waals surface area contributed by atoms with Crippen molar-refractivity contribution in [2.24, 2.45) is 7.05 Å². The van der Waals surface area contributed by atoms with Gasteiger partial charge in [0.15, 0.2) is 0 Å². The lowest BCUT2D eigenvalue weighted by atomic mass is 9.96. The summed E-state index contributed by atoms with van der Waals surface area (Å²) >= 11 is 0. The van der Waals surface area contributed by atoms with Crippen molar-refractivity contribution in [3.63, 3.8) is 0 Å². The van der Waals surface area contributed by atoms with E-state index in [0.717, 1.165) is 11.6 Å². The van der Waals surface area contributed by atoms with E-state index < -0.39 is 8.07 Å². The molecule has 2 aromatic heterocycles. The molecule has 2 aliphatic rings. The summed E-state index contributed by atoms with van der Waals surface area (Å²) in [5, 5.41) is 8.76. The van der Waals surface area contributed by atoms with Crippen LogP contribution in [0, 0.1) is 5.82 Å². The molecule has 10 nitrogen and oxygen atoms in total. The van der Waals surface area contributed by atoms with Crippen molar-refractivity contribution in [1.29, 1.82) is 0 Å². The number of anilines is 1. The maximum absolute atomic E-state index is 15.8. The molecule has 1 aromatic carbocycles. The SMILES string of the molecule is CN1C(=O)CCc2c1ccc(-c1nn(COCC[Si](C)(C)C)cc1COC1CN(C(=O)c3cnn(C)c3)C1)c2F. The van der Waals surface area contributed by atoms with E-state index in [2.05, 4.69) is 24.7 Å². The zero-order valence-electron chi connectivity index (χ0n) is 23.8. The minimum Gasteiger partial charge on any atom is -0.370 e. The molecular weight excluding hydrogens is 531 g/mol. The van der Waals surface area contributed by atoms with Crippen LogP contribution in [0.2, 0.25) is 25.7 Å². The zero-order chi connectivity index (χ0) is 28.6. The Morgan fingerprint density at radius 1 is 1.15 bits per heavy atom. The molecule has 0 atom stereocenters. The van der Waals surface area contributed by atoms with Gasteiger partial charge < -0.3 is 19.3 Å². The predicted octanol–water partition coefficient (Wildman–Crippen LogP) is 3.69. The van der Waals surface area contributed by atoms with Crippen molar-refractivity contribution in [1.82, 2.24) is 24.5 Å². The lowest BCUT2D eigenvalue weighted by Crippen LogP contribution is -2.54. The number of hydrogen-bond acceptors (Lipinski definition) is 6. The number of aromatic nitrogens is 4. The summed E-state index contributed by atoms with van der Waals surface area (Å²) < 4.78 is 31.2. The standard InChI is InChI=1S/C28H37FN6O4Si/c1-32-13-19(12-30-32)28(37)34-15-21(16-34)39-17-20-14-35(18-38-10-11-40(3,4)5)31-27(20)23-6-8-24-22(26(23)29)7-9-25(36)33(24)2/h6,8,12-14,21H,7,9-11,15-18H2,1-5H3. The lowest BCUT2D eigenvalue weighted by Gasteiger charge is -2.38. The molecule has 214 valence electrons. The van der Waals surface area contributed by atoms with Gasteiger partial charge in [0.25, 0.3) is 5.91 Å². The largest absolute Gasteiger partial charge is 0.370 e. The molecule has 0 radical (unpaired) electrons. The van der Waals surface area contributed by atoms with E-state index in [1.54, 1.807) is 52.9 Å². The van der Waals surface area contributed by atoms with Crippen LogP contribution in [-0.2, 0) is 41.1 Å². The Kier molecular flexibility index (Phi) is 7.93. The quantitative estimate of drug-likeness (QED) is 0.274. The van der Waals surface area contributed by atoms with Crippen LogP contribution >= 0.6 is 0 Å². The number of ether oxygens (including phenoxy) is 2. The van der Waals surface area contributed by atoms with E-state index in [1.165, 1.54) is 4.90 Å². The Labute approximate surface area is 234 Å². The van der Waals surface area contributed by atoms with E-state index >= 15 is 4.39 Å². The van der Waals surface area contributed by atoms with Gasteiger partial charge >= 0.3 is 0 Å². The Balaban J connectivity index is 1.31. The molecule has 0 bridgehead atoms. The second kappa shape index (κ2) is 11.3. The van der Waals surface area contributed by atoms with Gasteiger partial charge in [-0.05, 0) is 24.6 Å². The number of likely N-dealkylation sites (tertiary alicyclic amines) is 1.